The Labute approximate surface area is 114 Å². The highest BCUT2D eigenvalue weighted by molar-refractivity contribution is 7.90. The molecule has 6 nitrogen and oxygen atoms in total. The molecule has 0 radical (unpaired) electrons. The average Bonchev–Trinajstić information content (AvgIpc) is 2.70. The molecule has 0 aromatic carbocycles. The molecule has 1 aliphatic heterocycles. The van der Waals surface area contributed by atoms with Crippen LogP contribution in [0.25, 0.3) is 0 Å². The number of fused-ring (bicyclic) bond motifs is 1. The third kappa shape index (κ3) is 4.01. The predicted molar refractivity (Wildman–Crippen MR) is 73.9 cm³/mol. The molecule has 1 aliphatic rings. The lowest BCUT2D eigenvalue weighted by Crippen LogP contribution is -2.39. The topological polar surface area (TPSA) is 76.9 Å². The van der Waals surface area contributed by atoms with Crippen LogP contribution in [0.3, 0.4) is 0 Å². The van der Waals surface area contributed by atoms with Crippen molar-refractivity contribution in [2.24, 2.45) is 0 Å². The fourth-order valence-corrected chi connectivity index (χ4v) is 2.68. The van der Waals surface area contributed by atoms with E-state index in [0.29, 0.717) is 12.5 Å². The first-order valence-corrected chi connectivity index (χ1v) is 8.76. The van der Waals surface area contributed by atoms with Crippen molar-refractivity contribution in [3.05, 3.63) is 11.6 Å². The van der Waals surface area contributed by atoms with E-state index in [1.165, 1.54) is 6.26 Å². The number of sulfone groups is 1. The summed E-state index contributed by atoms with van der Waals surface area (Å²) in [5, 5.41) is 7.79. The van der Waals surface area contributed by atoms with Crippen LogP contribution in [0.15, 0.2) is 0 Å². The second-order valence-electron chi connectivity index (χ2n) is 5.54. The van der Waals surface area contributed by atoms with E-state index in [-0.39, 0.29) is 11.8 Å². The van der Waals surface area contributed by atoms with Crippen molar-refractivity contribution in [2.75, 3.05) is 18.6 Å². The van der Waals surface area contributed by atoms with Gasteiger partial charge in [0.2, 0.25) is 0 Å². The monoisotopic (exact) mass is 286 g/mol. The summed E-state index contributed by atoms with van der Waals surface area (Å²) in [5.74, 6) is 2.47. The van der Waals surface area contributed by atoms with Crippen molar-refractivity contribution in [3.8, 4) is 0 Å². The van der Waals surface area contributed by atoms with Crippen LogP contribution in [0, 0.1) is 0 Å². The summed E-state index contributed by atoms with van der Waals surface area (Å²) < 4.78 is 24.1. The van der Waals surface area contributed by atoms with Crippen LogP contribution in [-0.2, 0) is 22.8 Å². The number of rotatable bonds is 5. The van der Waals surface area contributed by atoms with Crippen molar-refractivity contribution < 1.29 is 8.42 Å². The number of nitrogens with one attached hydrogen (secondary N) is 1. The molecule has 0 bridgehead atoms. The Kier molecular flexibility index (Phi) is 4.25. The summed E-state index contributed by atoms with van der Waals surface area (Å²) in [5.41, 5.74) is 0. The van der Waals surface area contributed by atoms with E-state index in [1.807, 2.05) is 4.68 Å². The first-order valence-electron chi connectivity index (χ1n) is 6.70. The van der Waals surface area contributed by atoms with Gasteiger partial charge in [0.15, 0.2) is 5.82 Å². The van der Waals surface area contributed by atoms with Crippen LogP contribution in [0.4, 0.5) is 0 Å². The molecule has 0 fully saturated rings. The second-order valence-corrected chi connectivity index (χ2v) is 7.80. The molecule has 1 N–H and O–H groups in total. The lowest BCUT2D eigenvalue weighted by atomic mass is 10.1. The molecule has 0 aliphatic carbocycles. The quantitative estimate of drug-likeness (QED) is 0.845. The molecule has 0 spiro atoms. The van der Waals surface area contributed by atoms with Crippen molar-refractivity contribution in [1.82, 2.24) is 20.1 Å². The highest BCUT2D eigenvalue weighted by Crippen LogP contribution is 2.16. The predicted octanol–water partition coefficient (Wildman–Crippen LogP) is 0.351. The zero-order chi connectivity index (χ0) is 14.0. The Hall–Kier alpha value is -0.950. The minimum atomic E-state index is -2.89. The zero-order valence-electron chi connectivity index (χ0n) is 11.8. The molecule has 1 aromatic heterocycles. The van der Waals surface area contributed by atoms with Crippen LogP contribution in [0.1, 0.15) is 37.8 Å². The maximum atomic E-state index is 11.1. The first kappa shape index (κ1) is 14.5. The number of aryl methyl sites for hydroxylation is 1. The van der Waals surface area contributed by atoms with Gasteiger partial charge in [0.1, 0.15) is 15.7 Å². The molecule has 0 saturated carbocycles. The molecule has 1 atom stereocenters. The lowest BCUT2D eigenvalue weighted by Gasteiger charge is -2.23. The van der Waals surface area contributed by atoms with Crippen LogP contribution in [-0.4, -0.2) is 47.8 Å². The van der Waals surface area contributed by atoms with Crippen LogP contribution < -0.4 is 5.32 Å². The van der Waals surface area contributed by atoms with Gasteiger partial charge in [0, 0.05) is 31.2 Å². The Morgan fingerprint density at radius 2 is 2.21 bits per heavy atom. The fourth-order valence-electron chi connectivity index (χ4n) is 2.19. The Morgan fingerprint density at radius 3 is 2.84 bits per heavy atom. The summed E-state index contributed by atoms with van der Waals surface area (Å²) in [6.45, 7) is 5.45. The Balaban J connectivity index is 1.91. The molecule has 108 valence electrons. The standard InChI is InChI=1S/C12H22N4O2S/c1-9(2)12-14-11-5-4-10(8-16(11)15-12)13-6-7-19(3,17)18/h9-10,13H,4-8H2,1-3H3. The fraction of sp³-hybridized carbons (Fsp3) is 0.833. The van der Waals surface area contributed by atoms with Gasteiger partial charge < -0.3 is 5.32 Å². The molecule has 1 unspecified atom stereocenters. The summed E-state index contributed by atoms with van der Waals surface area (Å²) in [6, 6.07) is 0.288. The maximum Gasteiger partial charge on any atom is 0.153 e. The van der Waals surface area contributed by atoms with Crippen LogP contribution in [0.2, 0.25) is 0 Å². The molecular formula is C12H22N4O2S. The Bertz CT molecular complexity index is 536. The number of aromatic nitrogens is 3. The molecule has 2 rings (SSSR count). The van der Waals surface area contributed by atoms with E-state index >= 15 is 0 Å². The van der Waals surface area contributed by atoms with Gasteiger partial charge in [0.05, 0.1) is 12.3 Å². The first-order chi connectivity index (χ1) is 8.85. The zero-order valence-corrected chi connectivity index (χ0v) is 12.6. The SMILES string of the molecule is CC(C)c1nc2n(n1)CC(NCCS(C)(=O)=O)CC2. The van der Waals surface area contributed by atoms with E-state index in [0.717, 1.165) is 31.0 Å². The van der Waals surface area contributed by atoms with E-state index in [1.54, 1.807) is 0 Å². The average molecular weight is 286 g/mol. The number of nitrogens with zero attached hydrogens (tertiary/aromatic N) is 3. The van der Waals surface area contributed by atoms with Gasteiger partial charge in [-0.2, -0.15) is 5.10 Å². The van der Waals surface area contributed by atoms with E-state index < -0.39 is 9.84 Å². The van der Waals surface area contributed by atoms with Gasteiger partial charge in [-0.1, -0.05) is 13.8 Å². The van der Waals surface area contributed by atoms with Gasteiger partial charge in [-0.05, 0) is 6.42 Å². The van der Waals surface area contributed by atoms with Crippen molar-refractivity contribution in [3.63, 3.8) is 0 Å². The number of hydrogen-bond donors (Lipinski definition) is 1. The van der Waals surface area contributed by atoms with Gasteiger partial charge in [0.25, 0.3) is 0 Å². The van der Waals surface area contributed by atoms with E-state index in [2.05, 4.69) is 29.2 Å². The van der Waals surface area contributed by atoms with Crippen molar-refractivity contribution in [2.45, 2.75) is 45.2 Å². The van der Waals surface area contributed by atoms with Gasteiger partial charge >= 0.3 is 0 Å². The summed E-state index contributed by atoms with van der Waals surface area (Å²) in [6.07, 6.45) is 3.15. The lowest BCUT2D eigenvalue weighted by molar-refractivity contribution is 0.364. The highest BCUT2D eigenvalue weighted by atomic mass is 32.2. The summed E-state index contributed by atoms with van der Waals surface area (Å²) in [4.78, 5) is 4.53. The third-order valence-corrected chi connectivity index (χ3v) is 4.24. The normalized spacial score (nSPS) is 19.7. The van der Waals surface area contributed by atoms with Gasteiger partial charge in [-0.3, -0.25) is 0 Å². The summed E-state index contributed by atoms with van der Waals surface area (Å²) in [7, 11) is -2.89. The molecule has 0 amide bonds. The highest BCUT2D eigenvalue weighted by Gasteiger charge is 2.22. The van der Waals surface area contributed by atoms with Crippen LogP contribution >= 0.6 is 0 Å². The smallest absolute Gasteiger partial charge is 0.153 e. The summed E-state index contributed by atoms with van der Waals surface area (Å²) >= 11 is 0. The number of hydrogen-bond acceptors (Lipinski definition) is 5. The largest absolute Gasteiger partial charge is 0.311 e. The molecule has 1 aromatic rings. The van der Waals surface area contributed by atoms with Crippen molar-refractivity contribution in [1.29, 1.82) is 0 Å². The molecule has 2 heterocycles. The molecule has 19 heavy (non-hydrogen) atoms. The van der Waals surface area contributed by atoms with Gasteiger partial charge in [-0.15, -0.1) is 0 Å². The van der Waals surface area contributed by atoms with E-state index in [9.17, 15) is 8.42 Å². The third-order valence-electron chi connectivity index (χ3n) is 3.30. The van der Waals surface area contributed by atoms with Gasteiger partial charge in [-0.25, -0.2) is 18.1 Å². The molecule has 0 saturated heterocycles. The molecule has 7 heteroatoms. The second kappa shape index (κ2) is 5.58. The minimum Gasteiger partial charge on any atom is -0.311 e. The molecular weight excluding hydrogens is 264 g/mol. The van der Waals surface area contributed by atoms with E-state index in [4.69, 9.17) is 0 Å². The maximum absolute atomic E-state index is 11.1. The minimum absolute atomic E-state index is 0.185. The van der Waals surface area contributed by atoms with Crippen LogP contribution in [0.5, 0.6) is 0 Å². The van der Waals surface area contributed by atoms with Crippen molar-refractivity contribution >= 4 is 9.84 Å². The Morgan fingerprint density at radius 1 is 1.47 bits per heavy atom.